The van der Waals surface area contributed by atoms with E-state index in [1.165, 1.54) is 0 Å². The van der Waals surface area contributed by atoms with Crippen molar-refractivity contribution in [2.45, 2.75) is 26.3 Å². The normalized spacial score (nSPS) is 12.3. The SMILES string of the molecule is CC(C)(C)N=Nc1ccc(Br)cc1N. The molecule has 0 saturated heterocycles. The average Bonchev–Trinajstić information content (AvgIpc) is 2.00. The van der Waals surface area contributed by atoms with Crippen LogP contribution in [-0.4, -0.2) is 5.54 Å². The second kappa shape index (κ2) is 4.09. The van der Waals surface area contributed by atoms with Gasteiger partial charge in [-0.05, 0) is 39.0 Å². The summed E-state index contributed by atoms with van der Waals surface area (Å²) in [5.41, 5.74) is 6.94. The van der Waals surface area contributed by atoms with Crippen LogP contribution >= 0.6 is 15.9 Å². The fourth-order valence-electron chi connectivity index (χ4n) is 0.820. The molecule has 14 heavy (non-hydrogen) atoms. The molecule has 0 bridgehead atoms. The minimum absolute atomic E-state index is 0.167. The smallest absolute Gasteiger partial charge is 0.108 e. The van der Waals surface area contributed by atoms with Crippen LogP contribution in [0, 0.1) is 0 Å². The lowest BCUT2D eigenvalue weighted by Crippen LogP contribution is -2.07. The first kappa shape index (κ1) is 11.2. The number of nitrogens with two attached hydrogens (primary N) is 1. The third-order valence-electron chi connectivity index (χ3n) is 1.45. The van der Waals surface area contributed by atoms with Gasteiger partial charge in [-0.2, -0.15) is 10.2 Å². The van der Waals surface area contributed by atoms with Crippen LogP contribution < -0.4 is 5.73 Å². The maximum absolute atomic E-state index is 5.77. The molecular weight excluding hydrogens is 242 g/mol. The highest BCUT2D eigenvalue weighted by molar-refractivity contribution is 9.10. The van der Waals surface area contributed by atoms with Gasteiger partial charge < -0.3 is 5.73 Å². The second-order valence-corrected chi connectivity index (χ2v) is 4.99. The Hall–Kier alpha value is -0.900. The predicted octanol–water partition coefficient (Wildman–Crippen LogP) is 3.91. The quantitative estimate of drug-likeness (QED) is 0.601. The monoisotopic (exact) mass is 255 g/mol. The number of rotatable bonds is 1. The van der Waals surface area contributed by atoms with Crippen molar-refractivity contribution < 1.29 is 0 Å². The lowest BCUT2D eigenvalue weighted by Gasteiger charge is -2.09. The van der Waals surface area contributed by atoms with Gasteiger partial charge in [0.2, 0.25) is 0 Å². The molecule has 0 fully saturated rings. The average molecular weight is 256 g/mol. The van der Waals surface area contributed by atoms with Gasteiger partial charge in [0, 0.05) is 4.47 Å². The van der Waals surface area contributed by atoms with Gasteiger partial charge in [-0.25, -0.2) is 0 Å². The van der Waals surface area contributed by atoms with Crippen molar-refractivity contribution in [2.24, 2.45) is 10.2 Å². The Balaban J connectivity index is 2.93. The molecule has 1 rings (SSSR count). The zero-order valence-electron chi connectivity index (χ0n) is 8.58. The molecule has 0 spiro atoms. The van der Waals surface area contributed by atoms with Crippen molar-refractivity contribution in [1.82, 2.24) is 0 Å². The summed E-state index contributed by atoms with van der Waals surface area (Å²) in [5, 5.41) is 8.24. The number of nitrogen functional groups attached to an aromatic ring is 1. The van der Waals surface area contributed by atoms with E-state index in [-0.39, 0.29) is 5.54 Å². The summed E-state index contributed by atoms with van der Waals surface area (Å²) in [6, 6.07) is 5.55. The molecule has 3 nitrogen and oxygen atoms in total. The highest BCUT2D eigenvalue weighted by Crippen LogP contribution is 2.26. The molecule has 0 heterocycles. The lowest BCUT2D eigenvalue weighted by molar-refractivity contribution is 0.552. The Kier molecular flexibility index (Phi) is 3.26. The van der Waals surface area contributed by atoms with Crippen LogP contribution in [-0.2, 0) is 0 Å². The van der Waals surface area contributed by atoms with Crippen LogP contribution in [0.2, 0.25) is 0 Å². The van der Waals surface area contributed by atoms with Gasteiger partial charge in [0.15, 0.2) is 0 Å². The zero-order valence-corrected chi connectivity index (χ0v) is 10.2. The second-order valence-electron chi connectivity index (χ2n) is 4.07. The van der Waals surface area contributed by atoms with Crippen molar-refractivity contribution in [2.75, 3.05) is 5.73 Å². The fourth-order valence-corrected chi connectivity index (χ4v) is 1.20. The topological polar surface area (TPSA) is 50.7 Å². The summed E-state index contributed by atoms with van der Waals surface area (Å²) in [7, 11) is 0. The van der Waals surface area contributed by atoms with E-state index >= 15 is 0 Å². The maximum atomic E-state index is 5.77. The molecule has 0 aliphatic heterocycles. The molecular formula is C10H14BrN3. The number of halogens is 1. The first-order chi connectivity index (χ1) is 6.38. The Morgan fingerprint density at radius 3 is 2.43 bits per heavy atom. The van der Waals surface area contributed by atoms with Crippen LogP contribution in [0.4, 0.5) is 11.4 Å². The van der Waals surface area contributed by atoms with Crippen molar-refractivity contribution in [3.05, 3.63) is 22.7 Å². The molecule has 1 aromatic carbocycles. The Bertz CT molecular complexity index is 353. The number of nitrogens with zero attached hydrogens (tertiary/aromatic N) is 2. The first-order valence-electron chi connectivity index (χ1n) is 4.36. The minimum atomic E-state index is -0.167. The molecule has 0 saturated carbocycles. The number of hydrogen-bond donors (Lipinski definition) is 1. The van der Waals surface area contributed by atoms with Gasteiger partial charge in [-0.3, -0.25) is 0 Å². The minimum Gasteiger partial charge on any atom is -0.397 e. The molecule has 76 valence electrons. The van der Waals surface area contributed by atoms with Gasteiger partial charge in [0.05, 0.1) is 11.2 Å². The van der Waals surface area contributed by atoms with E-state index in [9.17, 15) is 0 Å². The van der Waals surface area contributed by atoms with Crippen molar-refractivity contribution >= 4 is 27.3 Å². The molecule has 0 unspecified atom stereocenters. The van der Waals surface area contributed by atoms with Crippen molar-refractivity contribution in [3.63, 3.8) is 0 Å². The molecule has 0 radical (unpaired) electrons. The van der Waals surface area contributed by atoms with E-state index in [4.69, 9.17) is 5.73 Å². The predicted molar refractivity (Wildman–Crippen MR) is 62.8 cm³/mol. The summed E-state index contributed by atoms with van der Waals surface area (Å²) in [6.07, 6.45) is 0. The molecule has 0 amide bonds. The Labute approximate surface area is 92.5 Å². The first-order valence-corrected chi connectivity index (χ1v) is 5.16. The van der Waals surface area contributed by atoms with Crippen LogP contribution in [0.1, 0.15) is 20.8 Å². The van der Waals surface area contributed by atoms with Gasteiger partial charge in [-0.1, -0.05) is 15.9 Å². The van der Waals surface area contributed by atoms with E-state index in [0.717, 1.165) is 4.47 Å². The van der Waals surface area contributed by atoms with E-state index in [2.05, 4.69) is 26.2 Å². The molecule has 0 atom stereocenters. The summed E-state index contributed by atoms with van der Waals surface area (Å²) >= 11 is 3.33. The molecule has 0 aromatic heterocycles. The van der Waals surface area contributed by atoms with Crippen molar-refractivity contribution in [3.8, 4) is 0 Å². The summed E-state index contributed by atoms with van der Waals surface area (Å²) < 4.78 is 0.949. The Morgan fingerprint density at radius 1 is 1.29 bits per heavy atom. The molecule has 1 aromatic rings. The van der Waals surface area contributed by atoms with Crippen LogP contribution in [0.15, 0.2) is 32.9 Å². The number of benzene rings is 1. The van der Waals surface area contributed by atoms with Gasteiger partial charge >= 0.3 is 0 Å². The number of hydrogen-bond acceptors (Lipinski definition) is 3. The van der Waals surface area contributed by atoms with Crippen molar-refractivity contribution in [1.29, 1.82) is 0 Å². The Morgan fingerprint density at radius 2 is 1.93 bits per heavy atom. The molecule has 4 heteroatoms. The van der Waals surface area contributed by atoms with Crippen LogP contribution in [0.5, 0.6) is 0 Å². The summed E-state index contributed by atoms with van der Waals surface area (Å²) in [6.45, 7) is 5.97. The third kappa shape index (κ3) is 3.46. The lowest BCUT2D eigenvalue weighted by atomic mass is 10.1. The fraction of sp³-hybridized carbons (Fsp3) is 0.400. The summed E-state index contributed by atoms with van der Waals surface area (Å²) in [5.74, 6) is 0. The van der Waals surface area contributed by atoms with Gasteiger partial charge in [-0.15, -0.1) is 0 Å². The van der Waals surface area contributed by atoms with E-state index < -0.39 is 0 Å². The highest BCUT2D eigenvalue weighted by Gasteiger charge is 2.07. The van der Waals surface area contributed by atoms with Gasteiger partial charge in [0.25, 0.3) is 0 Å². The molecule has 0 aliphatic rings. The van der Waals surface area contributed by atoms with E-state index in [1.54, 1.807) is 0 Å². The van der Waals surface area contributed by atoms with Gasteiger partial charge in [0.1, 0.15) is 5.69 Å². The molecule has 2 N–H and O–H groups in total. The largest absolute Gasteiger partial charge is 0.397 e. The molecule has 0 aliphatic carbocycles. The number of azo groups is 1. The number of anilines is 1. The van der Waals surface area contributed by atoms with Crippen LogP contribution in [0.3, 0.4) is 0 Å². The van der Waals surface area contributed by atoms with E-state index in [0.29, 0.717) is 11.4 Å². The summed E-state index contributed by atoms with van der Waals surface area (Å²) in [4.78, 5) is 0. The maximum Gasteiger partial charge on any atom is 0.108 e. The highest BCUT2D eigenvalue weighted by atomic mass is 79.9. The zero-order chi connectivity index (χ0) is 10.8. The third-order valence-corrected chi connectivity index (χ3v) is 1.94. The standard InChI is InChI=1S/C10H14BrN3/c1-10(2,3)14-13-9-5-4-7(11)6-8(9)12/h4-6H,12H2,1-3H3. The van der Waals surface area contributed by atoms with Crippen LogP contribution in [0.25, 0.3) is 0 Å². The van der Waals surface area contributed by atoms with E-state index in [1.807, 2.05) is 39.0 Å².